The number of rotatable bonds is 5. The second-order valence-corrected chi connectivity index (χ2v) is 5.65. The third kappa shape index (κ3) is 4.86. The number of anilines is 1. The Hall–Kier alpha value is -1.88. The number of hydrogen-bond donors (Lipinski definition) is 3. The van der Waals surface area contributed by atoms with Gasteiger partial charge in [0.15, 0.2) is 0 Å². The van der Waals surface area contributed by atoms with Crippen LogP contribution in [0.4, 0.5) is 5.69 Å². The summed E-state index contributed by atoms with van der Waals surface area (Å²) in [6.07, 6.45) is 0. The molecule has 1 aromatic carbocycles. The zero-order chi connectivity index (χ0) is 16.0. The SMILES string of the molecule is Cc1cccc(C(C)C)c1NC(=O)C(=O)NCC(C)CO. The summed E-state index contributed by atoms with van der Waals surface area (Å²) in [7, 11) is 0. The summed E-state index contributed by atoms with van der Waals surface area (Å²) < 4.78 is 0. The van der Waals surface area contributed by atoms with E-state index in [1.807, 2.05) is 39.0 Å². The lowest BCUT2D eigenvalue weighted by Gasteiger charge is -2.16. The van der Waals surface area contributed by atoms with Crippen molar-refractivity contribution in [3.05, 3.63) is 29.3 Å². The molecule has 0 radical (unpaired) electrons. The van der Waals surface area contributed by atoms with Crippen LogP contribution in [0.25, 0.3) is 0 Å². The molecule has 0 spiro atoms. The van der Waals surface area contributed by atoms with E-state index in [4.69, 9.17) is 5.11 Å². The highest BCUT2D eigenvalue weighted by Gasteiger charge is 2.18. The van der Waals surface area contributed by atoms with Crippen molar-refractivity contribution in [2.24, 2.45) is 5.92 Å². The molecular formula is C16H24N2O3. The van der Waals surface area contributed by atoms with Crippen LogP contribution in [0.1, 0.15) is 37.8 Å². The highest BCUT2D eigenvalue weighted by Crippen LogP contribution is 2.27. The molecule has 0 aromatic heterocycles. The van der Waals surface area contributed by atoms with Crippen LogP contribution in [0.2, 0.25) is 0 Å². The summed E-state index contributed by atoms with van der Waals surface area (Å²) >= 11 is 0. The lowest BCUT2D eigenvalue weighted by Crippen LogP contribution is -2.38. The fourth-order valence-corrected chi connectivity index (χ4v) is 1.92. The Morgan fingerprint density at radius 1 is 1.19 bits per heavy atom. The van der Waals surface area contributed by atoms with Crippen LogP contribution in [-0.2, 0) is 9.59 Å². The fourth-order valence-electron chi connectivity index (χ4n) is 1.92. The maximum absolute atomic E-state index is 12.0. The molecular weight excluding hydrogens is 268 g/mol. The average molecular weight is 292 g/mol. The summed E-state index contributed by atoms with van der Waals surface area (Å²) in [4.78, 5) is 23.7. The highest BCUT2D eigenvalue weighted by molar-refractivity contribution is 6.39. The van der Waals surface area contributed by atoms with Crippen LogP contribution in [-0.4, -0.2) is 30.1 Å². The van der Waals surface area contributed by atoms with E-state index in [0.29, 0.717) is 5.69 Å². The van der Waals surface area contributed by atoms with Crippen molar-refractivity contribution >= 4 is 17.5 Å². The summed E-state index contributed by atoms with van der Waals surface area (Å²) in [6.45, 7) is 8.00. The molecule has 0 saturated heterocycles. The zero-order valence-corrected chi connectivity index (χ0v) is 13.1. The molecule has 21 heavy (non-hydrogen) atoms. The van der Waals surface area contributed by atoms with Gasteiger partial charge < -0.3 is 15.7 Å². The molecule has 1 unspecified atom stereocenters. The van der Waals surface area contributed by atoms with E-state index in [2.05, 4.69) is 10.6 Å². The number of aryl methyl sites for hydroxylation is 1. The largest absolute Gasteiger partial charge is 0.396 e. The molecule has 0 aliphatic carbocycles. The summed E-state index contributed by atoms with van der Waals surface area (Å²) in [6, 6.07) is 5.77. The standard InChI is InChI=1S/C16H24N2O3/c1-10(2)13-7-5-6-12(4)14(13)18-16(21)15(20)17-8-11(3)9-19/h5-7,10-11,19H,8-9H2,1-4H3,(H,17,20)(H,18,21). The van der Waals surface area contributed by atoms with Gasteiger partial charge >= 0.3 is 11.8 Å². The number of carbonyl (C=O) groups excluding carboxylic acids is 2. The average Bonchev–Trinajstić information content (AvgIpc) is 2.45. The summed E-state index contributed by atoms with van der Waals surface area (Å²) in [5, 5.41) is 14.1. The van der Waals surface area contributed by atoms with Gasteiger partial charge in [-0.15, -0.1) is 0 Å². The predicted octanol–water partition coefficient (Wildman–Crippen LogP) is 1.80. The van der Waals surface area contributed by atoms with Crippen LogP contribution >= 0.6 is 0 Å². The molecule has 2 amide bonds. The van der Waals surface area contributed by atoms with E-state index < -0.39 is 11.8 Å². The van der Waals surface area contributed by atoms with Crippen molar-refractivity contribution in [3.63, 3.8) is 0 Å². The van der Waals surface area contributed by atoms with Crippen LogP contribution in [0.15, 0.2) is 18.2 Å². The minimum absolute atomic E-state index is 0.0306. The molecule has 1 aromatic rings. The molecule has 0 aliphatic rings. The second kappa shape index (κ2) is 7.78. The van der Waals surface area contributed by atoms with Crippen LogP contribution < -0.4 is 10.6 Å². The van der Waals surface area contributed by atoms with Gasteiger partial charge in [0, 0.05) is 18.8 Å². The Morgan fingerprint density at radius 2 is 1.86 bits per heavy atom. The Labute approximate surface area is 125 Å². The number of para-hydroxylation sites is 1. The quantitative estimate of drug-likeness (QED) is 0.724. The van der Waals surface area contributed by atoms with Crippen LogP contribution in [0.3, 0.4) is 0 Å². The van der Waals surface area contributed by atoms with Crippen molar-refractivity contribution in [3.8, 4) is 0 Å². The minimum Gasteiger partial charge on any atom is -0.396 e. The van der Waals surface area contributed by atoms with Crippen molar-refractivity contribution in [2.75, 3.05) is 18.5 Å². The lowest BCUT2D eigenvalue weighted by atomic mass is 9.98. The first-order valence-electron chi connectivity index (χ1n) is 7.16. The molecule has 0 saturated carbocycles. The molecule has 5 nitrogen and oxygen atoms in total. The molecule has 3 N–H and O–H groups in total. The Bertz CT molecular complexity index is 512. The van der Waals surface area contributed by atoms with Crippen LogP contribution in [0, 0.1) is 12.8 Å². The lowest BCUT2D eigenvalue weighted by molar-refractivity contribution is -0.136. The van der Waals surface area contributed by atoms with Crippen molar-refractivity contribution in [2.45, 2.75) is 33.6 Å². The van der Waals surface area contributed by atoms with Crippen molar-refractivity contribution < 1.29 is 14.7 Å². The Morgan fingerprint density at radius 3 is 2.43 bits per heavy atom. The first-order chi connectivity index (χ1) is 9.86. The Kier molecular flexibility index (Phi) is 6.37. The van der Waals surface area contributed by atoms with Gasteiger partial charge in [0.25, 0.3) is 0 Å². The molecule has 5 heteroatoms. The number of hydrogen-bond acceptors (Lipinski definition) is 3. The van der Waals surface area contributed by atoms with Crippen molar-refractivity contribution in [1.82, 2.24) is 5.32 Å². The van der Waals surface area contributed by atoms with E-state index in [1.165, 1.54) is 0 Å². The second-order valence-electron chi connectivity index (χ2n) is 5.65. The first kappa shape index (κ1) is 17.2. The number of benzene rings is 1. The zero-order valence-electron chi connectivity index (χ0n) is 13.1. The Balaban J connectivity index is 2.77. The molecule has 0 heterocycles. The van der Waals surface area contributed by atoms with Crippen molar-refractivity contribution in [1.29, 1.82) is 0 Å². The van der Waals surface area contributed by atoms with E-state index in [9.17, 15) is 9.59 Å². The van der Waals surface area contributed by atoms with Gasteiger partial charge in [0.2, 0.25) is 0 Å². The maximum atomic E-state index is 12.0. The third-order valence-electron chi connectivity index (χ3n) is 3.29. The monoisotopic (exact) mass is 292 g/mol. The third-order valence-corrected chi connectivity index (χ3v) is 3.29. The van der Waals surface area contributed by atoms with E-state index in [0.717, 1.165) is 11.1 Å². The normalized spacial score (nSPS) is 12.1. The summed E-state index contributed by atoms with van der Waals surface area (Å²) in [5.41, 5.74) is 2.62. The molecule has 0 aliphatic heterocycles. The number of carbonyl (C=O) groups is 2. The maximum Gasteiger partial charge on any atom is 0.313 e. The van der Waals surface area contributed by atoms with Crippen LogP contribution in [0.5, 0.6) is 0 Å². The van der Waals surface area contributed by atoms with E-state index in [-0.39, 0.29) is 25.0 Å². The molecule has 0 fully saturated rings. The molecule has 1 atom stereocenters. The minimum atomic E-state index is -0.687. The van der Waals surface area contributed by atoms with Gasteiger partial charge in [0.1, 0.15) is 0 Å². The van der Waals surface area contributed by atoms with Gasteiger partial charge in [-0.1, -0.05) is 39.0 Å². The number of aliphatic hydroxyl groups excluding tert-OH is 1. The predicted molar refractivity (Wildman–Crippen MR) is 83.2 cm³/mol. The van der Waals surface area contributed by atoms with Gasteiger partial charge in [-0.3, -0.25) is 9.59 Å². The number of amides is 2. The number of nitrogens with one attached hydrogen (secondary N) is 2. The van der Waals surface area contributed by atoms with Gasteiger partial charge in [-0.25, -0.2) is 0 Å². The van der Waals surface area contributed by atoms with E-state index in [1.54, 1.807) is 6.92 Å². The van der Waals surface area contributed by atoms with Gasteiger partial charge in [0.05, 0.1) is 0 Å². The molecule has 116 valence electrons. The van der Waals surface area contributed by atoms with Gasteiger partial charge in [-0.05, 0) is 29.9 Å². The highest BCUT2D eigenvalue weighted by atomic mass is 16.3. The smallest absolute Gasteiger partial charge is 0.313 e. The number of aliphatic hydroxyl groups is 1. The topological polar surface area (TPSA) is 78.4 Å². The first-order valence-corrected chi connectivity index (χ1v) is 7.16. The molecule has 1 rings (SSSR count). The fraction of sp³-hybridized carbons (Fsp3) is 0.500. The van der Waals surface area contributed by atoms with E-state index >= 15 is 0 Å². The molecule has 0 bridgehead atoms. The summed E-state index contributed by atoms with van der Waals surface area (Å²) in [5.74, 6) is -1.20. The van der Waals surface area contributed by atoms with Gasteiger partial charge in [-0.2, -0.15) is 0 Å².